The molecule has 0 unspecified atom stereocenters. The number of H-pyrrole nitrogens is 1. The van der Waals surface area contributed by atoms with Gasteiger partial charge in [0.2, 0.25) is 5.91 Å². The molecule has 1 aliphatic rings. The minimum Gasteiger partial charge on any atom is -0.431 e. The van der Waals surface area contributed by atoms with Crippen molar-refractivity contribution < 1.29 is 9.21 Å². The first kappa shape index (κ1) is 18.2. The molecular weight excluding hydrogens is 386 g/mol. The van der Waals surface area contributed by atoms with Crippen molar-refractivity contribution in [2.75, 3.05) is 31.9 Å². The van der Waals surface area contributed by atoms with E-state index in [1.807, 2.05) is 53.4 Å². The van der Waals surface area contributed by atoms with Gasteiger partial charge in [0.25, 0.3) is 5.22 Å². The lowest BCUT2D eigenvalue weighted by molar-refractivity contribution is -0.130. The van der Waals surface area contributed by atoms with Gasteiger partial charge in [-0.1, -0.05) is 36.0 Å². The van der Waals surface area contributed by atoms with Gasteiger partial charge in [0.1, 0.15) is 11.3 Å². The molecule has 2 aromatic heterocycles. The molecule has 1 amide bonds. The highest BCUT2D eigenvalue weighted by Crippen LogP contribution is 2.23. The predicted molar refractivity (Wildman–Crippen MR) is 113 cm³/mol. The molecule has 0 spiro atoms. The predicted octanol–water partition coefficient (Wildman–Crippen LogP) is 3.14. The fraction of sp³-hybridized carbons (Fsp3) is 0.286. The third-order valence-electron chi connectivity index (χ3n) is 5.13. The van der Waals surface area contributed by atoms with Gasteiger partial charge < -0.3 is 14.3 Å². The van der Waals surface area contributed by atoms with Crippen LogP contribution in [0.15, 0.2) is 58.2 Å². The summed E-state index contributed by atoms with van der Waals surface area (Å²) in [5.74, 6) is 1.44. The first-order valence-electron chi connectivity index (χ1n) is 9.67. The summed E-state index contributed by atoms with van der Waals surface area (Å²) in [5, 5.41) is 0.545. The van der Waals surface area contributed by atoms with Crippen LogP contribution in [0.2, 0.25) is 0 Å². The number of nitrogens with zero attached hydrogens (tertiary/aromatic N) is 4. The third kappa shape index (κ3) is 3.99. The number of amides is 1. The normalized spacial score (nSPS) is 15.4. The molecule has 1 fully saturated rings. The number of aromatic nitrogens is 3. The Labute approximate surface area is 172 Å². The van der Waals surface area contributed by atoms with Crippen LogP contribution in [0.25, 0.3) is 22.1 Å². The summed E-state index contributed by atoms with van der Waals surface area (Å²) < 4.78 is 5.68. The number of thioether (sulfide) groups is 1. The molecule has 148 valence electrons. The first-order valence-corrected chi connectivity index (χ1v) is 10.7. The number of aromatic amines is 1. The summed E-state index contributed by atoms with van der Waals surface area (Å²) in [4.78, 5) is 29.2. The molecule has 0 radical (unpaired) electrons. The van der Waals surface area contributed by atoms with Crippen molar-refractivity contribution in [1.82, 2.24) is 24.8 Å². The lowest BCUT2D eigenvalue weighted by Gasteiger charge is -2.34. The molecule has 1 aliphatic heterocycles. The van der Waals surface area contributed by atoms with Crippen LogP contribution in [0.4, 0.5) is 0 Å². The summed E-state index contributed by atoms with van der Waals surface area (Å²) in [6, 6.07) is 15.7. The Kier molecular flexibility index (Phi) is 4.95. The van der Waals surface area contributed by atoms with Crippen LogP contribution in [-0.4, -0.2) is 62.6 Å². The smallest absolute Gasteiger partial charge is 0.257 e. The monoisotopic (exact) mass is 407 g/mol. The van der Waals surface area contributed by atoms with E-state index >= 15 is 0 Å². The fourth-order valence-electron chi connectivity index (χ4n) is 3.58. The van der Waals surface area contributed by atoms with Crippen molar-refractivity contribution >= 4 is 39.8 Å². The summed E-state index contributed by atoms with van der Waals surface area (Å²) in [6.45, 7) is 3.92. The van der Waals surface area contributed by atoms with Crippen LogP contribution >= 0.6 is 11.8 Å². The number of imidazole rings is 1. The average molecular weight is 407 g/mol. The SMILES string of the molecule is O=C(CSc1nc2ccccc2o1)N1CCN(Cc2nc3ccccc3[nH]2)CC1. The summed E-state index contributed by atoms with van der Waals surface area (Å²) in [7, 11) is 0. The molecule has 3 heterocycles. The minimum absolute atomic E-state index is 0.126. The van der Waals surface area contributed by atoms with Gasteiger partial charge in [-0.05, 0) is 24.3 Å². The molecular formula is C21H21N5O2S. The topological polar surface area (TPSA) is 78.3 Å². The number of fused-ring (bicyclic) bond motifs is 2. The highest BCUT2D eigenvalue weighted by Gasteiger charge is 2.22. The average Bonchev–Trinajstić information content (AvgIpc) is 3.35. The maximum atomic E-state index is 12.6. The Balaban J connectivity index is 1.12. The largest absolute Gasteiger partial charge is 0.431 e. The zero-order valence-corrected chi connectivity index (χ0v) is 16.7. The number of hydrogen-bond donors (Lipinski definition) is 1. The Morgan fingerprint density at radius 1 is 1.00 bits per heavy atom. The van der Waals surface area contributed by atoms with E-state index in [2.05, 4.69) is 19.9 Å². The van der Waals surface area contributed by atoms with Gasteiger partial charge >= 0.3 is 0 Å². The summed E-state index contributed by atoms with van der Waals surface area (Å²) in [6.07, 6.45) is 0. The van der Waals surface area contributed by atoms with E-state index in [0.717, 1.165) is 60.7 Å². The number of nitrogens with one attached hydrogen (secondary N) is 1. The Morgan fingerprint density at radius 3 is 2.55 bits per heavy atom. The summed E-state index contributed by atoms with van der Waals surface area (Å²) >= 11 is 1.36. The maximum Gasteiger partial charge on any atom is 0.257 e. The molecule has 8 heteroatoms. The van der Waals surface area contributed by atoms with Crippen molar-refractivity contribution in [3.05, 3.63) is 54.4 Å². The quantitative estimate of drug-likeness (QED) is 0.512. The van der Waals surface area contributed by atoms with Crippen LogP contribution in [0.5, 0.6) is 0 Å². The van der Waals surface area contributed by atoms with E-state index in [1.165, 1.54) is 11.8 Å². The Bertz CT molecular complexity index is 1080. The molecule has 1 saturated heterocycles. The third-order valence-corrected chi connectivity index (χ3v) is 5.94. The van der Waals surface area contributed by atoms with Crippen molar-refractivity contribution in [1.29, 1.82) is 0 Å². The fourth-order valence-corrected chi connectivity index (χ4v) is 4.32. The zero-order chi connectivity index (χ0) is 19.6. The number of carbonyl (C=O) groups excluding carboxylic acids is 1. The number of para-hydroxylation sites is 4. The van der Waals surface area contributed by atoms with Gasteiger partial charge in [0.05, 0.1) is 23.3 Å². The lowest BCUT2D eigenvalue weighted by Crippen LogP contribution is -2.48. The Hall–Kier alpha value is -2.84. The molecule has 4 aromatic rings. The summed E-state index contributed by atoms with van der Waals surface area (Å²) in [5.41, 5.74) is 3.63. The number of carbonyl (C=O) groups is 1. The second kappa shape index (κ2) is 7.88. The van der Waals surface area contributed by atoms with Crippen LogP contribution in [-0.2, 0) is 11.3 Å². The maximum absolute atomic E-state index is 12.6. The van der Waals surface area contributed by atoms with E-state index in [-0.39, 0.29) is 5.91 Å². The van der Waals surface area contributed by atoms with E-state index in [4.69, 9.17) is 4.42 Å². The molecule has 0 bridgehead atoms. The molecule has 2 aromatic carbocycles. The second-order valence-electron chi connectivity index (χ2n) is 7.09. The van der Waals surface area contributed by atoms with Gasteiger partial charge in [0, 0.05) is 26.2 Å². The molecule has 0 atom stereocenters. The standard InChI is InChI=1S/C21H21N5O2S/c27-20(14-29-21-24-17-7-3-4-8-18(17)28-21)26-11-9-25(10-12-26)13-19-22-15-5-1-2-6-16(15)23-19/h1-8H,9-14H2,(H,22,23). The molecule has 5 rings (SSSR count). The van der Waals surface area contributed by atoms with Gasteiger partial charge in [-0.3, -0.25) is 9.69 Å². The van der Waals surface area contributed by atoms with Crippen LogP contribution in [0.3, 0.4) is 0 Å². The van der Waals surface area contributed by atoms with Gasteiger partial charge in [-0.2, -0.15) is 0 Å². The van der Waals surface area contributed by atoms with E-state index < -0.39 is 0 Å². The number of oxazole rings is 1. The van der Waals surface area contributed by atoms with Gasteiger partial charge in [-0.15, -0.1) is 0 Å². The van der Waals surface area contributed by atoms with Crippen LogP contribution < -0.4 is 0 Å². The Morgan fingerprint density at radius 2 is 1.76 bits per heavy atom. The number of rotatable bonds is 5. The van der Waals surface area contributed by atoms with E-state index in [9.17, 15) is 4.79 Å². The van der Waals surface area contributed by atoms with Crippen LogP contribution in [0.1, 0.15) is 5.82 Å². The molecule has 0 aliphatic carbocycles. The van der Waals surface area contributed by atoms with Crippen LogP contribution in [0, 0.1) is 0 Å². The number of piperazine rings is 1. The number of benzene rings is 2. The van der Waals surface area contributed by atoms with E-state index in [0.29, 0.717) is 11.0 Å². The van der Waals surface area contributed by atoms with E-state index in [1.54, 1.807) is 0 Å². The van der Waals surface area contributed by atoms with Crippen molar-refractivity contribution in [2.24, 2.45) is 0 Å². The highest BCUT2D eigenvalue weighted by molar-refractivity contribution is 7.99. The lowest BCUT2D eigenvalue weighted by atomic mass is 10.3. The number of hydrogen-bond acceptors (Lipinski definition) is 6. The highest BCUT2D eigenvalue weighted by atomic mass is 32.2. The molecule has 1 N–H and O–H groups in total. The first-order chi connectivity index (χ1) is 14.2. The minimum atomic E-state index is 0.126. The zero-order valence-electron chi connectivity index (χ0n) is 15.9. The molecule has 0 saturated carbocycles. The van der Waals surface area contributed by atoms with Crippen molar-refractivity contribution in [3.8, 4) is 0 Å². The molecule has 29 heavy (non-hydrogen) atoms. The second-order valence-corrected chi connectivity index (χ2v) is 8.02. The molecule has 7 nitrogen and oxygen atoms in total. The van der Waals surface area contributed by atoms with Crippen molar-refractivity contribution in [3.63, 3.8) is 0 Å². The van der Waals surface area contributed by atoms with Gasteiger partial charge in [-0.25, -0.2) is 9.97 Å². The van der Waals surface area contributed by atoms with Crippen molar-refractivity contribution in [2.45, 2.75) is 11.8 Å². The van der Waals surface area contributed by atoms with Gasteiger partial charge in [0.15, 0.2) is 5.58 Å².